The highest BCUT2D eigenvalue weighted by Crippen LogP contribution is 2.05. The van der Waals surface area contributed by atoms with Gasteiger partial charge in [-0.25, -0.2) is 0 Å². The summed E-state index contributed by atoms with van der Waals surface area (Å²) in [7, 11) is -4.13. The van der Waals surface area contributed by atoms with Gasteiger partial charge >= 0.3 is 10.3 Å². The fraction of sp³-hybridized carbons (Fsp3) is 0. The molecule has 2 aromatic rings. The van der Waals surface area contributed by atoms with Crippen LogP contribution in [0, 0.1) is 0 Å². The Balaban J connectivity index is 0.000000202. The van der Waals surface area contributed by atoms with Crippen LogP contribution in [-0.4, -0.2) is 28.4 Å². The van der Waals surface area contributed by atoms with E-state index in [2.05, 4.69) is 15.4 Å². The third-order valence-electron chi connectivity index (χ3n) is 1.43. The Labute approximate surface area is 98.4 Å². The maximum absolute atomic E-state index is 10.2. The largest absolute Gasteiger partial charge is 0.357 e. The monoisotopic (exact) mass is 254 g/mol. The van der Waals surface area contributed by atoms with E-state index in [9.17, 15) is 8.42 Å². The van der Waals surface area contributed by atoms with Gasteiger partial charge in [0.1, 0.15) is 0 Å². The molecule has 0 fully saturated rings. The van der Waals surface area contributed by atoms with Gasteiger partial charge in [-0.2, -0.15) is 8.42 Å². The van der Waals surface area contributed by atoms with E-state index >= 15 is 0 Å². The molecule has 0 atom stereocenters. The van der Waals surface area contributed by atoms with Gasteiger partial charge in [-0.3, -0.25) is 9.27 Å². The predicted octanol–water partition coefficient (Wildman–Crippen LogP) is 0.773. The summed E-state index contributed by atoms with van der Waals surface area (Å²) in [6.45, 7) is 0. The molecule has 0 radical (unpaired) electrons. The lowest BCUT2D eigenvalue weighted by atomic mass is 10.3. The highest BCUT2D eigenvalue weighted by molar-refractivity contribution is 7.87. The van der Waals surface area contributed by atoms with E-state index < -0.39 is 10.3 Å². The van der Waals surface area contributed by atoms with Gasteiger partial charge in [0.05, 0.1) is 18.1 Å². The van der Waals surface area contributed by atoms with E-state index in [1.165, 1.54) is 12.1 Å². The van der Waals surface area contributed by atoms with Crippen LogP contribution in [-0.2, 0) is 10.3 Å². The van der Waals surface area contributed by atoms with Gasteiger partial charge in [-0.05, 0) is 23.4 Å². The standard InChI is InChI=1S/C6H7NO3S.C3H3N3/c8-11(9,10)7-6-4-2-1-3-5-6;1-2-4-6-5-3-1/h1-5,7H,(H,8,9,10);1-3H. The summed E-state index contributed by atoms with van der Waals surface area (Å²) < 4.78 is 30.7. The number of nitrogens with zero attached hydrogens (tertiary/aromatic N) is 3. The fourth-order valence-corrected chi connectivity index (χ4v) is 1.29. The van der Waals surface area contributed by atoms with Gasteiger partial charge in [0.25, 0.3) is 0 Å². The number of para-hydroxylation sites is 1. The van der Waals surface area contributed by atoms with Crippen molar-refractivity contribution in [3.8, 4) is 0 Å². The van der Waals surface area contributed by atoms with Crippen LogP contribution in [0.15, 0.2) is 48.8 Å². The molecule has 0 saturated heterocycles. The number of nitrogens with one attached hydrogen (secondary N) is 1. The number of hydrogen-bond acceptors (Lipinski definition) is 5. The van der Waals surface area contributed by atoms with Crippen molar-refractivity contribution >= 4 is 16.0 Å². The molecule has 90 valence electrons. The smallest absolute Gasteiger partial charge is 0.269 e. The Morgan fingerprint density at radius 2 is 1.59 bits per heavy atom. The van der Waals surface area contributed by atoms with Crippen molar-refractivity contribution in [1.82, 2.24) is 15.4 Å². The average Bonchev–Trinajstić information content (AvgIpc) is 2.31. The molecular formula is C9H10N4O3S. The number of aromatic nitrogens is 3. The lowest BCUT2D eigenvalue weighted by Gasteiger charge is -1.99. The van der Waals surface area contributed by atoms with Gasteiger partial charge in [-0.1, -0.05) is 18.2 Å². The summed E-state index contributed by atoms with van der Waals surface area (Å²) in [5.74, 6) is 0. The zero-order valence-corrected chi connectivity index (χ0v) is 9.45. The van der Waals surface area contributed by atoms with Gasteiger partial charge in [0, 0.05) is 0 Å². The van der Waals surface area contributed by atoms with Crippen molar-refractivity contribution < 1.29 is 13.0 Å². The molecule has 0 aliphatic rings. The van der Waals surface area contributed by atoms with E-state index in [1.807, 2.05) is 4.72 Å². The molecular weight excluding hydrogens is 244 g/mol. The van der Waals surface area contributed by atoms with E-state index in [-0.39, 0.29) is 0 Å². The maximum atomic E-state index is 10.2. The van der Waals surface area contributed by atoms with Crippen molar-refractivity contribution in [2.24, 2.45) is 0 Å². The minimum Gasteiger partial charge on any atom is -0.269 e. The van der Waals surface area contributed by atoms with Gasteiger partial charge in [0.2, 0.25) is 0 Å². The topological polar surface area (TPSA) is 105 Å². The van der Waals surface area contributed by atoms with Gasteiger partial charge in [0.15, 0.2) is 0 Å². The number of hydrogen-bond donors (Lipinski definition) is 2. The first-order valence-corrected chi connectivity index (χ1v) is 5.90. The van der Waals surface area contributed by atoms with Crippen LogP contribution in [0.2, 0.25) is 0 Å². The molecule has 17 heavy (non-hydrogen) atoms. The summed E-state index contributed by atoms with van der Waals surface area (Å²) >= 11 is 0. The Kier molecular flexibility index (Phi) is 4.98. The zero-order valence-electron chi connectivity index (χ0n) is 8.63. The first-order valence-electron chi connectivity index (χ1n) is 4.46. The lowest BCUT2D eigenvalue weighted by Crippen LogP contribution is -2.09. The minimum atomic E-state index is -4.13. The van der Waals surface area contributed by atoms with Crippen LogP contribution >= 0.6 is 0 Å². The Morgan fingerprint density at radius 1 is 1.00 bits per heavy atom. The van der Waals surface area contributed by atoms with Crippen LogP contribution in [0.3, 0.4) is 0 Å². The Morgan fingerprint density at radius 3 is 1.94 bits per heavy atom. The molecule has 2 rings (SSSR count). The minimum absolute atomic E-state index is 0.343. The molecule has 7 nitrogen and oxygen atoms in total. The van der Waals surface area contributed by atoms with E-state index in [4.69, 9.17) is 4.55 Å². The molecule has 0 bridgehead atoms. The second-order valence-corrected chi connectivity index (χ2v) is 3.91. The predicted molar refractivity (Wildman–Crippen MR) is 61.4 cm³/mol. The van der Waals surface area contributed by atoms with Crippen molar-refractivity contribution in [3.05, 3.63) is 48.8 Å². The van der Waals surface area contributed by atoms with Crippen molar-refractivity contribution in [1.29, 1.82) is 0 Å². The van der Waals surface area contributed by atoms with Crippen LogP contribution < -0.4 is 4.72 Å². The van der Waals surface area contributed by atoms with Crippen molar-refractivity contribution in [2.45, 2.75) is 0 Å². The van der Waals surface area contributed by atoms with Crippen LogP contribution in [0.4, 0.5) is 5.69 Å². The fourth-order valence-electron chi connectivity index (χ4n) is 0.860. The molecule has 0 saturated carbocycles. The highest BCUT2D eigenvalue weighted by Gasteiger charge is 2.00. The number of anilines is 1. The third kappa shape index (κ3) is 6.93. The van der Waals surface area contributed by atoms with Crippen molar-refractivity contribution in [2.75, 3.05) is 4.72 Å². The molecule has 0 aliphatic carbocycles. The van der Waals surface area contributed by atoms with Crippen LogP contribution in [0.1, 0.15) is 0 Å². The van der Waals surface area contributed by atoms with E-state index in [1.54, 1.807) is 36.7 Å². The summed E-state index contributed by atoms with van der Waals surface area (Å²) in [6.07, 6.45) is 3.15. The normalized spacial score (nSPS) is 9.94. The van der Waals surface area contributed by atoms with Gasteiger partial charge in [-0.15, -0.1) is 10.2 Å². The second kappa shape index (κ2) is 6.51. The third-order valence-corrected chi connectivity index (χ3v) is 1.92. The number of rotatable bonds is 2. The molecule has 1 heterocycles. The molecule has 8 heteroatoms. The zero-order chi connectivity index (χ0) is 12.6. The molecule has 1 aromatic heterocycles. The first-order chi connectivity index (χ1) is 8.08. The summed E-state index contributed by atoms with van der Waals surface area (Å²) in [5, 5.41) is 10.1. The Bertz CT molecular complexity index is 492. The lowest BCUT2D eigenvalue weighted by molar-refractivity contribution is 0.490. The molecule has 1 aromatic carbocycles. The van der Waals surface area contributed by atoms with Crippen LogP contribution in [0.25, 0.3) is 0 Å². The molecule has 0 amide bonds. The summed E-state index contributed by atoms with van der Waals surface area (Å²) in [4.78, 5) is 0. The molecule has 2 N–H and O–H groups in total. The molecule has 0 spiro atoms. The Hall–Kier alpha value is -2.06. The van der Waals surface area contributed by atoms with E-state index in [0.717, 1.165) is 0 Å². The second-order valence-electron chi connectivity index (χ2n) is 2.75. The van der Waals surface area contributed by atoms with Crippen molar-refractivity contribution in [3.63, 3.8) is 0 Å². The van der Waals surface area contributed by atoms with E-state index in [0.29, 0.717) is 5.69 Å². The molecule has 0 unspecified atom stereocenters. The average molecular weight is 254 g/mol. The number of benzene rings is 1. The summed E-state index contributed by atoms with van der Waals surface area (Å²) in [5.41, 5.74) is 0.343. The first kappa shape index (κ1) is 13.0. The quantitative estimate of drug-likeness (QED) is 0.767. The molecule has 0 aliphatic heterocycles. The van der Waals surface area contributed by atoms with Gasteiger partial charge < -0.3 is 0 Å². The van der Waals surface area contributed by atoms with Crippen LogP contribution in [0.5, 0.6) is 0 Å². The highest BCUT2D eigenvalue weighted by atomic mass is 32.2. The maximum Gasteiger partial charge on any atom is 0.357 e. The summed E-state index contributed by atoms with van der Waals surface area (Å²) in [6, 6.07) is 9.85. The SMILES string of the molecule is O=S(=O)(O)Nc1ccccc1.c1cnnnc1.